The van der Waals surface area contributed by atoms with Crippen LogP contribution in [0.1, 0.15) is 11.3 Å². The molecule has 0 aliphatic rings. The summed E-state index contributed by atoms with van der Waals surface area (Å²) in [6.07, 6.45) is -4.54. The largest absolute Gasteiger partial charge is 0.385 e. The third kappa shape index (κ3) is 3.44. The molecule has 0 aromatic carbocycles. The molecule has 0 spiro atoms. The van der Waals surface area contributed by atoms with Crippen molar-refractivity contribution in [3.05, 3.63) is 23.4 Å². The molecular formula is C10H11F2N3O. The summed E-state index contributed by atoms with van der Waals surface area (Å²) in [6.45, 7) is 1.38. The van der Waals surface area contributed by atoms with Crippen molar-refractivity contribution >= 4 is 5.82 Å². The second-order valence-corrected chi connectivity index (χ2v) is 3.28. The first-order valence-corrected chi connectivity index (χ1v) is 4.62. The normalized spacial score (nSPS) is 12.2. The van der Waals surface area contributed by atoms with E-state index in [1.165, 1.54) is 6.07 Å². The number of hydrogen-bond donors (Lipinski definition) is 2. The summed E-state index contributed by atoms with van der Waals surface area (Å²) in [5.74, 6) is 0.302. The van der Waals surface area contributed by atoms with Crippen LogP contribution < -0.4 is 5.32 Å². The molecule has 0 radical (unpaired) electrons. The molecule has 1 aromatic heterocycles. The van der Waals surface area contributed by atoms with Crippen molar-refractivity contribution in [1.82, 2.24) is 4.98 Å². The van der Waals surface area contributed by atoms with Gasteiger partial charge >= 0.3 is 0 Å². The first kappa shape index (κ1) is 12.3. The molecule has 0 aliphatic carbocycles. The van der Waals surface area contributed by atoms with Crippen molar-refractivity contribution in [2.24, 2.45) is 0 Å². The predicted molar refractivity (Wildman–Crippen MR) is 54.2 cm³/mol. The average molecular weight is 227 g/mol. The minimum absolute atomic E-state index is 0.302. The van der Waals surface area contributed by atoms with E-state index in [4.69, 9.17) is 10.4 Å². The molecule has 2 N–H and O–H groups in total. The van der Waals surface area contributed by atoms with Gasteiger partial charge in [-0.2, -0.15) is 5.26 Å². The number of halogens is 2. The standard InChI is InChI=1S/C10H11F2N3O/c1-6-2-7(4-13)3-9(15-6)14-5-8(16)10(11)12/h2-3,8,10,16H,5H2,1H3,(H,14,15). The number of hydrogen-bond acceptors (Lipinski definition) is 4. The number of rotatable bonds is 4. The van der Waals surface area contributed by atoms with Gasteiger partial charge in [-0.1, -0.05) is 0 Å². The van der Waals surface area contributed by atoms with E-state index in [0.717, 1.165) is 0 Å². The van der Waals surface area contributed by atoms with Crippen molar-refractivity contribution in [2.45, 2.75) is 19.5 Å². The van der Waals surface area contributed by atoms with Crippen molar-refractivity contribution in [2.75, 3.05) is 11.9 Å². The topological polar surface area (TPSA) is 68.9 Å². The number of aliphatic hydroxyl groups is 1. The minimum Gasteiger partial charge on any atom is -0.385 e. The van der Waals surface area contributed by atoms with E-state index in [2.05, 4.69) is 10.3 Å². The van der Waals surface area contributed by atoms with Gasteiger partial charge in [0.1, 0.15) is 11.9 Å². The van der Waals surface area contributed by atoms with Gasteiger partial charge in [0.05, 0.1) is 11.6 Å². The number of aliphatic hydroxyl groups excluding tert-OH is 1. The maximum absolute atomic E-state index is 12.0. The SMILES string of the molecule is Cc1cc(C#N)cc(NCC(O)C(F)F)n1. The molecule has 0 fully saturated rings. The predicted octanol–water partition coefficient (Wildman–Crippen LogP) is 1.30. The molecule has 1 unspecified atom stereocenters. The lowest BCUT2D eigenvalue weighted by Crippen LogP contribution is -2.27. The van der Waals surface area contributed by atoms with Gasteiger partial charge in [-0.05, 0) is 19.1 Å². The summed E-state index contributed by atoms with van der Waals surface area (Å²) in [6, 6.07) is 4.94. The molecule has 1 aromatic rings. The zero-order chi connectivity index (χ0) is 12.1. The summed E-state index contributed by atoms with van der Waals surface area (Å²) in [7, 11) is 0. The van der Waals surface area contributed by atoms with Crippen LogP contribution in [0.5, 0.6) is 0 Å². The van der Waals surface area contributed by atoms with E-state index >= 15 is 0 Å². The van der Waals surface area contributed by atoms with E-state index in [1.54, 1.807) is 13.0 Å². The Bertz CT molecular complexity index is 404. The monoisotopic (exact) mass is 227 g/mol. The van der Waals surface area contributed by atoms with Gasteiger partial charge in [-0.25, -0.2) is 13.8 Å². The van der Waals surface area contributed by atoms with Crippen molar-refractivity contribution in [3.63, 3.8) is 0 Å². The van der Waals surface area contributed by atoms with Crippen molar-refractivity contribution in [3.8, 4) is 6.07 Å². The number of aryl methyl sites for hydroxylation is 1. The molecule has 0 aliphatic heterocycles. The molecule has 0 saturated heterocycles. The molecular weight excluding hydrogens is 216 g/mol. The van der Waals surface area contributed by atoms with Crippen LogP contribution in [0.15, 0.2) is 12.1 Å². The molecule has 0 bridgehead atoms. The Labute approximate surface area is 91.5 Å². The van der Waals surface area contributed by atoms with Crippen LogP contribution >= 0.6 is 0 Å². The lowest BCUT2D eigenvalue weighted by molar-refractivity contribution is 0.00380. The number of anilines is 1. The number of nitrogens with zero attached hydrogens (tertiary/aromatic N) is 2. The van der Waals surface area contributed by atoms with E-state index in [-0.39, 0.29) is 6.54 Å². The second-order valence-electron chi connectivity index (χ2n) is 3.28. The van der Waals surface area contributed by atoms with Crippen LogP contribution in [0.2, 0.25) is 0 Å². The summed E-state index contributed by atoms with van der Waals surface area (Å²) in [5.41, 5.74) is 0.995. The molecule has 0 amide bonds. The lowest BCUT2D eigenvalue weighted by atomic mass is 10.2. The number of aromatic nitrogens is 1. The smallest absolute Gasteiger partial charge is 0.265 e. The van der Waals surface area contributed by atoms with Crippen LogP contribution in [0, 0.1) is 18.3 Å². The summed E-state index contributed by atoms with van der Waals surface area (Å²) in [4.78, 5) is 3.99. The Morgan fingerprint density at radius 3 is 2.81 bits per heavy atom. The molecule has 16 heavy (non-hydrogen) atoms. The van der Waals surface area contributed by atoms with E-state index in [1.807, 2.05) is 6.07 Å². The van der Waals surface area contributed by atoms with Crippen LogP contribution in [0.25, 0.3) is 0 Å². The third-order valence-corrected chi connectivity index (χ3v) is 1.87. The fourth-order valence-corrected chi connectivity index (χ4v) is 1.12. The molecule has 0 saturated carbocycles. The molecule has 1 heterocycles. The molecule has 6 heteroatoms. The molecule has 1 atom stereocenters. The highest BCUT2D eigenvalue weighted by molar-refractivity contribution is 5.44. The highest BCUT2D eigenvalue weighted by Crippen LogP contribution is 2.10. The van der Waals surface area contributed by atoms with Crippen molar-refractivity contribution < 1.29 is 13.9 Å². The molecule has 1 rings (SSSR count). The molecule has 4 nitrogen and oxygen atoms in total. The van der Waals surface area contributed by atoms with E-state index in [0.29, 0.717) is 17.1 Å². The van der Waals surface area contributed by atoms with Gasteiger partial charge < -0.3 is 10.4 Å². The minimum atomic E-state index is -2.80. The maximum atomic E-state index is 12.0. The second kappa shape index (κ2) is 5.37. The summed E-state index contributed by atoms with van der Waals surface area (Å²) in [5, 5.41) is 20.1. The number of nitriles is 1. The average Bonchev–Trinajstić information content (AvgIpc) is 2.24. The Kier molecular flexibility index (Phi) is 4.14. The molecule has 86 valence electrons. The number of nitrogens with one attached hydrogen (secondary N) is 1. The maximum Gasteiger partial charge on any atom is 0.265 e. The van der Waals surface area contributed by atoms with Crippen molar-refractivity contribution in [1.29, 1.82) is 5.26 Å². The van der Waals surface area contributed by atoms with Gasteiger partial charge in [0.25, 0.3) is 6.43 Å². The zero-order valence-electron chi connectivity index (χ0n) is 8.61. The van der Waals surface area contributed by atoms with Gasteiger partial charge in [0.15, 0.2) is 0 Å². The first-order valence-electron chi connectivity index (χ1n) is 4.62. The van der Waals surface area contributed by atoms with E-state index < -0.39 is 12.5 Å². The zero-order valence-corrected chi connectivity index (χ0v) is 8.61. The Morgan fingerprint density at radius 1 is 1.56 bits per heavy atom. The third-order valence-electron chi connectivity index (χ3n) is 1.87. The van der Waals surface area contributed by atoms with Gasteiger partial charge in [0, 0.05) is 12.2 Å². The lowest BCUT2D eigenvalue weighted by Gasteiger charge is -2.11. The van der Waals surface area contributed by atoms with Crippen LogP contribution in [0.3, 0.4) is 0 Å². The first-order chi connectivity index (χ1) is 7.52. The summed E-state index contributed by atoms with van der Waals surface area (Å²) < 4.78 is 24.0. The Balaban J connectivity index is 2.68. The van der Waals surface area contributed by atoms with Gasteiger partial charge in [0.2, 0.25) is 0 Å². The van der Waals surface area contributed by atoms with Crippen LogP contribution in [-0.4, -0.2) is 29.2 Å². The fourth-order valence-electron chi connectivity index (χ4n) is 1.12. The Hall–Kier alpha value is -1.74. The van der Waals surface area contributed by atoms with Gasteiger partial charge in [-0.3, -0.25) is 0 Å². The van der Waals surface area contributed by atoms with Crippen LogP contribution in [0.4, 0.5) is 14.6 Å². The fraction of sp³-hybridized carbons (Fsp3) is 0.400. The Morgan fingerprint density at radius 2 is 2.25 bits per heavy atom. The number of alkyl halides is 2. The highest BCUT2D eigenvalue weighted by Gasteiger charge is 2.16. The quantitative estimate of drug-likeness (QED) is 0.813. The van der Waals surface area contributed by atoms with E-state index in [9.17, 15) is 8.78 Å². The highest BCUT2D eigenvalue weighted by atomic mass is 19.3. The van der Waals surface area contributed by atoms with Crippen LogP contribution in [-0.2, 0) is 0 Å². The van der Waals surface area contributed by atoms with Gasteiger partial charge in [-0.15, -0.1) is 0 Å². The summed E-state index contributed by atoms with van der Waals surface area (Å²) >= 11 is 0. The number of pyridine rings is 1.